The van der Waals surface area contributed by atoms with Gasteiger partial charge in [-0.2, -0.15) is 0 Å². The standard InChI is InChI=1S/C26H25BrN4O2/c1-19-2-6-23(28-13-19)25-8-4-21(15-30-25)17-32-10-11-33-18-22-5-9-26(31-16-22)24-7-3-20(12-27)14-29-24/h2-9,13-16H,10-12,17-18H2,1H3. The fraction of sp³-hybridized carbons (Fsp3) is 0.231. The van der Waals surface area contributed by atoms with Gasteiger partial charge in [0.2, 0.25) is 0 Å². The zero-order valence-electron chi connectivity index (χ0n) is 18.4. The van der Waals surface area contributed by atoms with E-state index in [4.69, 9.17) is 9.47 Å². The van der Waals surface area contributed by atoms with Crippen LogP contribution in [-0.4, -0.2) is 33.1 Å². The van der Waals surface area contributed by atoms with E-state index in [-0.39, 0.29) is 0 Å². The Bertz CT molecular complexity index is 1130. The Morgan fingerprint density at radius 2 is 1.00 bits per heavy atom. The first kappa shape index (κ1) is 23.2. The number of ether oxygens (including phenoxy) is 2. The maximum Gasteiger partial charge on any atom is 0.0886 e. The minimum Gasteiger partial charge on any atom is -0.374 e. The maximum absolute atomic E-state index is 5.71. The van der Waals surface area contributed by atoms with Crippen molar-refractivity contribution in [3.63, 3.8) is 0 Å². The molecule has 7 heteroatoms. The van der Waals surface area contributed by atoms with Gasteiger partial charge in [-0.25, -0.2) is 0 Å². The minimum absolute atomic E-state index is 0.492. The summed E-state index contributed by atoms with van der Waals surface area (Å²) in [4.78, 5) is 17.8. The van der Waals surface area contributed by atoms with Crippen LogP contribution in [0.25, 0.3) is 22.8 Å². The van der Waals surface area contributed by atoms with Gasteiger partial charge in [-0.05, 0) is 53.4 Å². The van der Waals surface area contributed by atoms with Gasteiger partial charge in [-0.15, -0.1) is 0 Å². The molecule has 4 aromatic rings. The van der Waals surface area contributed by atoms with Gasteiger partial charge in [-0.1, -0.05) is 40.2 Å². The van der Waals surface area contributed by atoms with E-state index in [1.807, 2.05) is 80.2 Å². The highest BCUT2D eigenvalue weighted by Gasteiger charge is 2.03. The smallest absolute Gasteiger partial charge is 0.0886 e. The van der Waals surface area contributed by atoms with Crippen molar-refractivity contribution < 1.29 is 9.47 Å². The fourth-order valence-corrected chi connectivity index (χ4v) is 3.43. The van der Waals surface area contributed by atoms with Crippen LogP contribution in [0.3, 0.4) is 0 Å². The Kier molecular flexibility index (Phi) is 8.24. The van der Waals surface area contributed by atoms with Crippen LogP contribution in [0.4, 0.5) is 0 Å². The number of pyridine rings is 4. The van der Waals surface area contributed by atoms with Crippen LogP contribution < -0.4 is 0 Å². The van der Waals surface area contributed by atoms with Crippen molar-refractivity contribution in [2.24, 2.45) is 0 Å². The van der Waals surface area contributed by atoms with Crippen molar-refractivity contribution in [1.29, 1.82) is 0 Å². The first-order valence-electron chi connectivity index (χ1n) is 10.7. The normalized spacial score (nSPS) is 11.0. The predicted molar refractivity (Wildman–Crippen MR) is 132 cm³/mol. The van der Waals surface area contributed by atoms with Crippen LogP contribution in [0.5, 0.6) is 0 Å². The highest BCUT2D eigenvalue weighted by Crippen LogP contribution is 2.17. The Morgan fingerprint density at radius 3 is 1.36 bits per heavy atom. The van der Waals surface area contributed by atoms with E-state index >= 15 is 0 Å². The van der Waals surface area contributed by atoms with E-state index in [0.717, 1.165) is 50.4 Å². The number of halogens is 1. The number of hydrogen-bond donors (Lipinski definition) is 0. The number of aryl methyl sites for hydroxylation is 1. The van der Waals surface area contributed by atoms with Crippen molar-refractivity contribution in [1.82, 2.24) is 19.9 Å². The lowest BCUT2D eigenvalue weighted by Crippen LogP contribution is -2.05. The predicted octanol–water partition coefficient (Wildman–Crippen LogP) is 5.54. The molecule has 0 spiro atoms. The quantitative estimate of drug-likeness (QED) is 0.208. The van der Waals surface area contributed by atoms with Crippen molar-refractivity contribution >= 4 is 15.9 Å². The average Bonchev–Trinajstić information content (AvgIpc) is 2.87. The average molecular weight is 505 g/mol. The number of nitrogens with zero attached hydrogens (tertiary/aromatic N) is 4. The highest BCUT2D eigenvalue weighted by molar-refractivity contribution is 9.08. The Hall–Kier alpha value is -3.00. The van der Waals surface area contributed by atoms with Crippen molar-refractivity contribution in [3.05, 3.63) is 95.6 Å². The van der Waals surface area contributed by atoms with Crippen LogP contribution in [-0.2, 0) is 28.0 Å². The molecule has 4 aromatic heterocycles. The molecule has 33 heavy (non-hydrogen) atoms. The summed E-state index contributed by atoms with van der Waals surface area (Å²) in [7, 11) is 0. The molecule has 0 saturated heterocycles. The molecule has 0 aliphatic carbocycles. The number of hydrogen-bond acceptors (Lipinski definition) is 6. The first-order valence-corrected chi connectivity index (χ1v) is 11.8. The molecule has 4 rings (SSSR count). The van der Waals surface area contributed by atoms with Crippen LogP contribution >= 0.6 is 15.9 Å². The molecule has 0 fully saturated rings. The van der Waals surface area contributed by atoms with Crippen molar-refractivity contribution in [2.75, 3.05) is 13.2 Å². The molecule has 6 nitrogen and oxygen atoms in total. The summed E-state index contributed by atoms with van der Waals surface area (Å²) < 4.78 is 11.4. The minimum atomic E-state index is 0.492. The number of alkyl halides is 1. The first-order chi connectivity index (χ1) is 16.2. The van der Waals surface area contributed by atoms with Gasteiger partial charge < -0.3 is 9.47 Å². The van der Waals surface area contributed by atoms with Crippen LogP contribution in [0.1, 0.15) is 22.3 Å². The van der Waals surface area contributed by atoms with Crippen molar-refractivity contribution in [3.8, 4) is 22.8 Å². The summed E-state index contributed by atoms with van der Waals surface area (Å²) in [5.74, 6) is 0. The molecule has 168 valence electrons. The van der Waals surface area contributed by atoms with Crippen LogP contribution in [0.15, 0.2) is 73.3 Å². The van der Waals surface area contributed by atoms with E-state index < -0.39 is 0 Å². The van der Waals surface area contributed by atoms with Gasteiger partial charge in [0.25, 0.3) is 0 Å². The van der Waals surface area contributed by atoms with Gasteiger partial charge >= 0.3 is 0 Å². The molecule has 0 bridgehead atoms. The summed E-state index contributed by atoms with van der Waals surface area (Å²) in [5.41, 5.74) is 7.73. The maximum atomic E-state index is 5.71. The molecule has 0 atom stereocenters. The zero-order chi connectivity index (χ0) is 22.9. The molecular weight excluding hydrogens is 480 g/mol. The van der Waals surface area contributed by atoms with Crippen LogP contribution in [0.2, 0.25) is 0 Å². The third kappa shape index (κ3) is 6.74. The Morgan fingerprint density at radius 1 is 0.576 bits per heavy atom. The zero-order valence-corrected chi connectivity index (χ0v) is 20.0. The van der Waals surface area contributed by atoms with E-state index in [1.54, 1.807) is 0 Å². The molecule has 0 aliphatic heterocycles. The van der Waals surface area contributed by atoms with E-state index in [1.165, 1.54) is 0 Å². The lowest BCUT2D eigenvalue weighted by Gasteiger charge is -2.07. The molecule has 0 saturated carbocycles. The lowest BCUT2D eigenvalue weighted by molar-refractivity contribution is 0.0337. The molecule has 0 N–H and O–H groups in total. The summed E-state index contributed by atoms with van der Waals surface area (Å²) in [6, 6.07) is 16.0. The van der Waals surface area contributed by atoms with Crippen molar-refractivity contribution in [2.45, 2.75) is 25.5 Å². The summed E-state index contributed by atoms with van der Waals surface area (Å²) in [5, 5.41) is 0.794. The monoisotopic (exact) mass is 504 g/mol. The van der Waals surface area contributed by atoms with Gasteiger partial charge in [0.15, 0.2) is 0 Å². The SMILES string of the molecule is Cc1ccc(-c2ccc(COCCOCc3ccc(-c4ccc(CBr)cn4)nc3)cn2)nc1. The molecule has 0 radical (unpaired) electrons. The Balaban J connectivity index is 1.16. The Labute approximate surface area is 202 Å². The molecular formula is C26H25BrN4O2. The van der Waals surface area contributed by atoms with Gasteiger partial charge in [0, 0.05) is 30.1 Å². The third-order valence-electron chi connectivity index (χ3n) is 4.97. The second-order valence-electron chi connectivity index (χ2n) is 7.61. The second-order valence-corrected chi connectivity index (χ2v) is 8.18. The third-order valence-corrected chi connectivity index (χ3v) is 5.62. The topological polar surface area (TPSA) is 70.0 Å². The van der Waals surface area contributed by atoms with Gasteiger partial charge in [-0.3, -0.25) is 19.9 Å². The summed E-state index contributed by atoms with van der Waals surface area (Å²) >= 11 is 3.43. The summed E-state index contributed by atoms with van der Waals surface area (Å²) in [6.07, 6.45) is 7.35. The van der Waals surface area contributed by atoms with Gasteiger partial charge in [0.1, 0.15) is 0 Å². The highest BCUT2D eigenvalue weighted by atomic mass is 79.9. The van der Waals surface area contributed by atoms with Crippen LogP contribution in [0, 0.1) is 6.92 Å². The lowest BCUT2D eigenvalue weighted by atomic mass is 10.2. The molecule has 4 heterocycles. The number of aromatic nitrogens is 4. The second kappa shape index (κ2) is 11.7. The van der Waals surface area contributed by atoms with Gasteiger partial charge in [0.05, 0.1) is 49.2 Å². The largest absolute Gasteiger partial charge is 0.374 e. The fourth-order valence-electron chi connectivity index (χ4n) is 3.10. The molecule has 0 unspecified atom stereocenters. The molecule has 0 aromatic carbocycles. The summed E-state index contributed by atoms with van der Waals surface area (Å²) in [6.45, 7) is 4.03. The van der Waals surface area contributed by atoms with E-state index in [9.17, 15) is 0 Å². The molecule has 0 aliphatic rings. The van der Waals surface area contributed by atoms with E-state index in [0.29, 0.717) is 26.4 Å². The molecule has 0 amide bonds. The van der Waals surface area contributed by atoms with E-state index in [2.05, 4.69) is 35.9 Å². The number of rotatable bonds is 10.